The van der Waals surface area contributed by atoms with Crippen LogP contribution in [0.1, 0.15) is 37.9 Å². The van der Waals surface area contributed by atoms with E-state index in [0.717, 1.165) is 31.2 Å². The predicted molar refractivity (Wildman–Crippen MR) is 92.3 cm³/mol. The third-order valence-electron chi connectivity index (χ3n) is 4.53. The van der Waals surface area contributed by atoms with Crippen molar-refractivity contribution in [1.29, 1.82) is 0 Å². The van der Waals surface area contributed by atoms with Crippen LogP contribution in [-0.4, -0.2) is 31.0 Å². The van der Waals surface area contributed by atoms with E-state index >= 15 is 0 Å². The molecule has 7 heteroatoms. The third-order valence-corrected chi connectivity index (χ3v) is 6.09. The van der Waals surface area contributed by atoms with Crippen molar-refractivity contribution in [2.75, 3.05) is 7.05 Å². The summed E-state index contributed by atoms with van der Waals surface area (Å²) in [6.45, 7) is 0.0965. The van der Waals surface area contributed by atoms with Gasteiger partial charge in [-0.05, 0) is 12.8 Å². The normalized spacial score (nSPS) is 16.6. The van der Waals surface area contributed by atoms with E-state index in [1.165, 1.54) is 10.7 Å². The van der Waals surface area contributed by atoms with Gasteiger partial charge in [-0.2, -0.15) is 17.4 Å². The van der Waals surface area contributed by atoms with Gasteiger partial charge >= 0.3 is 0 Å². The van der Waals surface area contributed by atoms with E-state index in [1.54, 1.807) is 13.1 Å². The quantitative estimate of drug-likeness (QED) is 0.870. The molecule has 1 aromatic carbocycles. The highest BCUT2D eigenvalue weighted by Gasteiger charge is 2.27. The Hall–Kier alpha value is -1.70. The molecule has 3 rings (SSSR count). The summed E-state index contributed by atoms with van der Waals surface area (Å²) >= 11 is 0. The van der Waals surface area contributed by atoms with E-state index in [1.807, 2.05) is 30.3 Å². The zero-order chi connectivity index (χ0) is 17.0. The van der Waals surface area contributed by atoms with Crippen LogP contribution in [0.3, 0.4) is 0 Å². The molecule has 1 aromatic heterocycles. The van der Waals surface area contributed by atoms with Crippen LogP contribution in [0.15, 0.2) is 40.9 Å². The summed E-state index contributed by atoms with van der Waals surface area (Å²) in [5.41, 5.74) is 1.64. The minimum atomic E-state index is -3.52. The van der Waals surface area contributed by atoms with Gasteiger partial charge in [0.1, 0.15) is 5.69 Å². The number of hydrogen-bond donors (Lipinski definition) is 1. The van der Waals surface area contributed by atoms with Crippen LogP contribution in [-0.2, 0) is 16.8 Å². The maximum absolute atomic E-state index is 12.4. The Morgan fingerprint density at radius 2 is 1.92 bits per heavy atom. The SMILES string of the molecule is CN(C1CCCCC1)S(=O)(=O)NCc1cc(-c2ccccc2)no1. The predicted octanol–water partition coefficient (Wildman–Crippen LogP) is 2.94. The summed E-state index contributed by atoms with van der Waals surface area (Å²) in [7, 11) is -1.87. The molecule has 24 heavy (non-hydrogen) atoms. The Balaban J connectivity index is 1.61. The molecular formula is C17H23N3O3S. The van der Waals surface area contributed by atoms with Crippen molar-refractivity contribution in [2.24, 2.45) is 0 Å². The van der Waals surface area contributed by atoms with Gasteiger partial charge in [0, 0.05) is 24.7 Å². The molecule has 0 saturated heterocycles. The fourth-order valence-electron chi connectivity index (χ4n) is 3.05. The van der Waals surface area contributed by atoms with Gasteiger partial charge < -0.3 is 4.52 Å². The molecule has 0 amide bonds. The Labute approximate surface area is 143 Å². The number of hydrogen-bond acceptors (Lipinski definition) is 4. The first kappa shape index (κ1) is 17.1. The zero-order valence-corrected chi connectivity index (χ0v) is 14.6. The van der Waals surface area contributed by atoms with E-state index in [2.05, 4.69) is 9.88 Å². The smallest absolute Gasteiger partial charge is 0.279 e. The zero-order valence-electron chi connectivity index (χ0n) is 13.8. The Morgan fingerprint density at radius 3 is 2.62 bits per heavy atom. The second kappa shape index (κ2) is 7.46. The molecule has 1 aliphatic carbocycles. The maximum Gasteiger partial charge on any atom is 0.279 e. The minimum Gasteiger partial charge on any atom is -0.359 e. The molecule has 1 fully saturated rings. The molecule has 0 unspecified atom stereocenters. The van der Waals surface area contributed by atoms with Gasteiger partial charge in [-0.1, -0.05) is 54.8 Å². The van der Waals surface area contributed by atoms with Crippen molar-refractivity contribution in [3.05, 3.63) is 42.2 Å². The summed E-state index contributed by atoms with van der Waals surface area (Å²) in [5, 5.41) is 4.00. The number of nitrogens with one attached hydrogen (secondary N) is 1. The van der Waals surface area contributed by atoms with Crippen molar-refractivity contribution in [1.82, 2.24) is 14.2 Å². The van der Waals surface area contributed by atoms with Crippen molar-refractivity contribution in [3.8, 4) is 11.3 Å². The standard InChI is InChI=1S/C17H23N3O3S/c1-20(15-10-6-3-7-11-15)24(21,22)18-13-16-12-17(19-23-16)14-8-4-2-5-9-14/h2,4-5,8-9,12,15,18H,3,6-7,10-11,13H2,1H3. The molecule has 0 radical (unpaired) electrons. The van der Waals surface area contributed by atoms with E-state index in [4.69, 9.17) is 4.52 Å². The highest BCUT2D eigenvalue weighted by Crippen LogP contribution is 2.23. The van der Waals surface area contributed by atoms with Crippen LogP contribution in [0, 0.1) is 0 Å². The van der Waals surface area contributed by atoms with Gasteiger partial charge in [-0.15, -0.1) is 0 Å². The fraction of sp³-hybridized carbons (Fsp3) is 0.471. The van der Waals surface area contributed by atoms with Crippen molar-refractivity contribution in [3.63, 3.8) is 0 Å². The first-order chi connectivity index (χ1) is 11.6. The molecule has 1 N–H and O–H groups in total. The lowest BCUT2D eigenvalue weighted by atomic mass is 9.96. The molecule has 0 bridgehead atoms. The van der Waals surface area contributed by atoms with E-state index in [9.17, 15) is 8.42 Å². The van der Waals surface area contributed by atoms with Gasteiger partial charge in [-0.3, -0.25) is 0 Å². The first-order valence-electron chi connectivity index (χ1n) is 8.30. The second-order valence-electron chi connectivity index (χ2n) is 6.18. The van der Waals surface area contributed by atoms with Crippen LogP contribution in [0.25, 0.3) is 11.3 Å². The monoisotopic (exact) mass is 349 g/mol. The topological polar surface area (TPSA) is 75.4 Å². The van der Waals surface area contributed by atoms with Crippen molar-refractivity contribution in [2.45, 2.75) is 44.7 Å². The maximum atomic E-state index is 12.4. The van der Waals surface area contributed by atoms with Crippen LogP contribution in [0.2, 0.25) is 0 Å². The molecule has 0 atom stereocenters. The lowest BCUT2D eigenvalue weighted by Crippen LogP contribution is -2.44. The molecule has 0 aliphatic heterocycles. The summed E-state index contributed by atoms with van der Waals surface area (Å²) in [6, 6.07) is 11.5. The van der Waals surface area contributed by atoms with Crippen LogP contribution >= 0.6 is 0 Å². The molecule has 0 spiro atoms. The Kier molecular flexibility index (Phi) is 5.33. The molecule has 130 valence electrons. The Bertz CT molecular complexity index is 752. The van der Waals surface area contributed by atoms with E-state index < -0.39 is 10.2 Å². The lowest BCUT2D eigenvalue weighted by Gasteiger charge is -2.30. The summed E-state index contributed by atoms with van der Waals surface area (Å²) in [5.74, 6) is 0.495. The highest BCUT2D eigenvalue weighted by atomic mass is 32.2. The van der Waals surface area contributed by atoms with Crippen LogP contribution < -0.4 is 4.72 Å². The molecule has 1 saturated carbocycles. The van der Waals surface area contributed by atoms with Crippen LogP contribution in [0.5, 0.6) is 0 Å². The number of aromatic nitrogens is 1. The van der Waals surface area contributed by atoms with E-state index in [0.29, 0.717) is 11.5 Å². The van der Waals surface area contributed by atoms with Gasteiger partial charge in [0.25, 0.3) is 10.2 Å². The summed E-state index contributed by atoms with van der Waals surface area (Å²) in [6.07, 6.45) is 5.23. The third kappa shape index (κ3) is 4.03. The van der Waals surface area contributed by atoms with Gasteiger partial charge in [0.15, 0.2) is 5.76 Å². The average molecular weight is 349 g/mol. The largest absolute Gasteiger partial charge is 0.359 e. The van der Waals surface area contributed by atoms with Crippen molar-refractivity contribution < 1.29 is 12.9 Å². The van der Waals surface area contributed by atoms with Gasteiger partial charge in [0.2, 0.25) is 0 Å². The number of benzene rings is 1. The fourth-order valence-corrected chi connectivity index (χ4v) is 4.18. The highest BCUT2D eigenvalue weighted by molar-refractivity contribution is 7.87. The number of nitrogens with zero attached hydrogens (tertiary/aromatic N) is 2. The van der Waals surface area contributed by atoms with Gasteiger partial charge in [-0.25, -0.2) is 0 Å². The minimum absolute atomic E-state index is 0.0888. The number of rotatable bonds is 6. The van der Waals surface area contributed by atoms with E-state index in [-0.39, 0.29) is 12.6 Å². The Morgan fingerprint density at radius 1 is 1.21 bits per heavy atom. The second-order valence-corrected chi connectivity index (χ2v) is 7.99. The molecule has 6 nitrogen and oxygen atoms in total. The van der Waals surface area contributed by atoms with Crippen LogP contribution in [0.4, 0.5) is 0 Å². The van der Waals surface area contributed by atoms with Crippen molar-refractivity contribution >= 4 is 10.2 Å². The lowest BCUT2D eigenvalue weighted by molar-refractivity contribution is 0.282. The first-order valence-corrected chi connectivity index (χ1v) is 9.74. The molecular weight excluding hydrogens is 326 g/mol. The summed E-state index contributed by atoms with van der Waals surface area (Å²) < 4.78 is 34.2. The molecule has 2 aromatic rings. The molecule has 1 aliphatic rings. The molecule has 1 heterocycles. The average Bonchev–Trinajstić information content (AvgIpc) is 3.10. The van der Waals surface area contributed by atoms with Gasteiger partial charge in [0.05, 0.1) is 6.54 Å². The summed E-state index contributed by atoms with van der Waals surface area (Å²) in [4.78, 5) is 0.